The Hall–Kier alpha value is -2.32. The molecule has 0 spiro atoms. The van der Waals surface area contributed by atoms with E-state index in [2.05, 4.69) is 5.92 Å². The SMILES string of the molecule is C#C/C(C)=C/COC(=O)Cn1c(=O)sc2ccccc21. The minimum Gasteiger partial charge on any atom is -0.460 e. The van der Waals surface area contributed by atoms with E-state index in [0.717, 1.165) is 21.6 Å². The Morgan fingerprint density at radius 1 is 1.50 bits per heavy atom. The fourth-order valence-electron chi connectivity index (χ4n) is 1.66. The Balaban J connectivity index is 2.09. The third kappa shape index (κ3) is 3.16. The van der Waals surface area contributed by atoms with Crippen LogP contribution in [0.5, 0.6) is 0 Å². The zero-order valence-corrected chi connectivity index (χ0v) is 11.8. The van der Waals surface area contributed by atoms with E-state index in [0.29, 0.717) is 5.57 Å². The van der Waals surface area contributed by atoms with Crippen molar-refractivity contribution in [3.05, 3.63) is 45.6 Å². The molecule has 4 nitrogen and oxygen atoms in total. The number of ether oxygens (including phenoxy) is 1. The van der Waals surface area contributed by atoms with E-state index in [9.17, 15) is 9.59 Å². The zero-order chi connectivity index (χ0) is 14.5. The number of carbonyl (C=O) groups is 1. The van der Waals surface area contributed by atoms with Gasteiger partial charge in [0, 0.05) is 0 Å². The van der Waals surface area contributed by atoms with Crippen molar-refractivity contribution in [1.82, 2.24) is 4.57 Å². The van der Waals surface area contributed by atoms with E-state index in [-0.39, 0.29) is 18.0 Å². The van der Waals surface area contributed by atoms with Crippen molar-refractivity contribution in [2.45, 2.75) is 13.5 Å². The number of thiazole rings is 1. The number of terminal acetylenes is 1. The molecule has 0 aliphatic rings. The molecule has 1 heterocycles. The van der Waals surface area contributed by atoms with Crippen LogP contribution in [0.25, 0.3) is 10.2 Å². The zero-order valence-electron chi connectivity index (χ0n) is 11.0. The van der Waals surface area contributed by atoms with Gasteiger partial charge in [0.15, 0.2) is 0 Å². The number of allylic oxidation sites excluding steroid dienone is 1. The van der Waals surface area contributed by atoms with Gasteiger partial charge in [-0.25, -0.2) is 0 Å². The molecule has 20 heavy (non-hydrogen) atoms. The number of carbonyl (C=O) groups excluding carboxylic acids is 1. The molecule has 0 bridgehead atoms. The van der Waals surface area contributed by atoms with Gasteiger partial charge in [-0.2, -0.15) is 0 Å². The maximum Gasteiger partial charge on any atom is 0.326 e. The summed E-state index contributed by atoms with van der Waals surface area (Å²) >= 11 is 1.11. The maximum absolute atomic E-state index is 11.8. The molecule has 0 atom stereocenters. The van der Waals surface area contributed by atoms with Crippen molar-refractivity contribution in [2.75, 3.05) is 6.61 Å². The Bertz CT molecular complexity index is 761. The van der Waals surface area contributed by atoms with E-state index < -0.39 is 5.97 Å². The normalized spacial score (nSPS) is 11.3. The summed E-state index contributed by atoms with van der Waals surface area (Å²) in [5.74, 6) is 1.97. The Morgan fingerprint density at radius 3 is 3.00 bits per heavy atom. The van der Waals surface area contributed by atoms with Gasteiger partial charge in [0.05, 0.1) is 10.2 Å². The summed E-state index contributed by atoms with van der Waals surface area (Å²) in [6.45, 7) is 1.78. The summed E-state index contributed by atoms with van der Waals surface area (Å²) in [5, 5.41) is 0. The first-order valence-electron chi connectivity index (χ1n) is 5.99. The van der Waals surface area contributed by atoms with Crippen LogP contribution in [0.2, 0.25) is 0 Å². The monoisotopic (exact) mass is 287 g/mol. The predicted molar refractivity (Wildman–Crippen MR) is 79.6 cm³/mol. The molecule has 0 saturated heterocycles. The van der Waals surface area contributed by atoms with Crippen LogP contribution in [-0.2, 0) is 16.1 Å². The highest BCUT2D eigenvalue weighted by molar-refractivity contribution is 7.16. The van der Waals surface area contributed by atoms with Crippen LogP contribution >= 0.6 is 11.3 Å². The van der Waals surface area contributed by atoms with Crippen molar-refractivity contribution in [1.29, 1.82) is 0 Å². The molecule has 2 aromatic rings. The Labute approximate surface area is 120 Å². The molecule has 0 amide bonds. The number of esters is 1. The first-order valence-corrected chi connectivity index (χ1v) is 6.81. The molecular formula is C15H13NO3S. The van der Waals surface area contributed by atoms with E-state index >= 15 is 0 Å². The molecule has 2 rings (SSSR count). The van der Waals surface area contributed by atoms with Crippen molar-refractivity contribution in [3.63, 3.8) is 0 Å². The highest BCUT2D eigenvalue weighted by Gasteiger charge is 2.11. The molecule has 0 N–H and O–H groups in total. The summed E-state index contributed by atoms with van der Waals surface area (Å²) in [7, 11) is 0. The quantitative estimate of drug-likeness (QED) is 0.639. The fraction of sp³-hybridized carbons (Fsp3) is 0.200. The third-order valence-corrected chi connectivity index (χ3v) is 3.68. The van der Waals surface area contributed by atoms with Crippen LogP contribution in [0.1, 0.15) is 6.92 Å². The largest absolute Gasteiger partial charge is 0.460 e. The first kappa shape index (κ1) is 14.1. The van der Waals surface area contributed by atoms with Crippen LogP contribution in [-0.4, -0.2) is 17.1 Å². The van der Waals surface area contributed by atoms with Crippen LogP contribution in [0.4, 0.5) is 0 Å². The van der Waals surface area contributed by atoms with Crippen LogP contribution in [0, 0.1) is 12.3 Å². The molecule has 102 valence electrons. The molecule has 0 radical (unpaired) electrons. The molecule has 1 aromatic carbocycles. The van der Waals surface area contributed by atoms with Gasteiger partial charge in [-0.15, -0.1) is 6.42 Å². The number of rotatable bonds is 4. The number of aromatic nitrogens is 1. The highest BCUT2D eigenvalue weighted by atomic mass is 32.1. The second kappa shape index (κ2) is 6.22. The second-order valence-electron chi connectivity index (χ2n) is 4.14. The van der Waals surface area contributed by atoms with Gasteiger partial charge in [-0.05, 0) is 30.7 Å². The summed E-state index contributed by atoms with van der Waals surface area (Å²) in [4.78, 5) is 23.4. The predicted octanol–water partition coefficient (Wildman–Crippen LogP) is 2.19. The number of nitrogens with zero attached hydrogens (tertiary/aromatic N) is 1. The van der Waals surface area contributed by atoms with Crippen molar-refractivity contribution in [2.24, 2.45) is 0 Å². The summed E-state index contributed by atoms with van der Waals surface area (Å²) in [6.07, 6.45) is 6.82. The number of hydrogen-bond donors (Lipinski definition) is 0. The van der Waals surface area contributed by atoms with Crippen molar-refractivity contribution < 1.29 is 9.53 Å². The van der Waals surface area contributed by atoms with Gasteiger partial charge in [0.2, 0.25) is 0 Å². The van der Waals surface area contributed by atoms with Gasteiger partial charge >= 0.3 is 10.8 Å². The summed E-state index contributed by atoms with van der Waals surface area (Å²) < 4.78 is 7.30. The molecule has 0 aliphatic heterocycles. The molecule has 1 aromatic heterocycles. The van der Waals surface area contributed by atoms with Gasteiger partial charge < -0.3 is 4.74 Å². The molecule has 0 saturated carbocycles. The minimum atomic E-state index is -0.461. The highest BCUT2D eigenvalue weighted by Crippen LogP contribution is 2.16. The van der Waals surface area contributed by atoms with Crippen molar-refractivity contribution >= 4 is 27.5 Å². The van der Waals surface area contributed by atoms with Gasteiger partial charge in [0.1, 0.15) is 13.2 Å². The lowest BCUT2D eigenvalue weighted by Crippen LogP contribution is -2.21. The first-order chi connectivity index (χ1) is 9.61. The Kier molecular flexibility index (Phi) is 4.38. The smallest absolute Gasteiger partial charge is 0.326 e. The molecular weight excluding hydrogens is 274 g/mol. The van der Waals surface area contributed by atoms with Crippen molar-refractivity contribution in [3.8, 4) is 12.3 Å². The topological polar surface area (TPSA) is 48.3 Å². The summed E-state index contributed by atoms with van der Waals surface area (Å²) in [5.41, 5.74) is 1.45. The molecule has 0 aliphatic carbocycles. The lowest BCUT2D eigenvalue weighted by molar-refractivity contribution is -0.143. The van der Waals surface area contributed by atoms with Gasteiger partial charge in [0.25, 0.3) is 0 Å². The van der Waals surface area contributed by atoms with Gasteiger partial charge in [-0.3, -0.25) is 14.2 Å². The number of para-hydroxylation sites is 1. The fourth-order valence-corrected chi connectivity index (χ4v) is 2.55. The molecule has 0 unspecified atom stereocenters. The average Bonchev–Trinajstić information content (AvgIpc) is 2.75. The van der Waals surface area contributed by atoms with Gasteiger partial charge in [-0.1, -0.05) is 29.4 Å². The minimum absolute atomic E-state index is 0.0915. The third-order valence-electron chi connectivity index (χ3n) is 2.72. The molecule has 5 heteroatoms. The number of hydrogen-bond acceptors (Lipinski definition) is 4. The Morgan fingerprint density at radius 2 is 2.25 bits per heavy atom. The van der Waals surface area contributed by atoms with Crippen LogP contribution < -0.4 is 4.87 Å². The second-order valence-corrected chi connectivity index (χ2v) is 5.13. The van der Waals surface area contributed by atoms with E-state index in [1.165, 1.54) is 4.57 Å². The average molecular weight is 287 g/mol. The lowest BCUT2D eigenvalue weighted by Gasteiger charge is -2.04. The lowest BCUT2D eigenvalue weighted by atomic mass is 10.3. The summed E-state index contributed by atoms with van der Waals surface area (Å²) in [6, 6.07) is 7.34. The number of fused-ring (bicyclic) bond motifs is 1. The van der Waals surface area contributed by atoms with E-state index in [1.807, 2.05) is 24.3 Å². The van der Waals surface area contributed by atoms with Crippen LogP contribution in [0.15, 0.2) is 40.7 Å². The van der Waals surface area contributed by atoms with E-state index in [1.54, 1.807) is 13.0 Å². The molecule has 0 fully saturated rings. The number of benzene rings is 1. The standard InChI is InChI=1S/C15H13NO3S/c1-3-11(2)8-9-19-14(17)10-16-12-6-4-5-7-13(12)20-15(16)18/h1,4-8H,9-10H2,2H3/b11-8+. The maximum atomic E-state index is 11.8. The van der Waals surface area contributed by atoms with Crippen LogP contribution in [0.3, 0.4) is 0 Å². The van der Waals surface area contributed by atoms with E-state index in [4.69, 9.17) is 11.2 Å².